The van der Waals surface area contributed by atoms with Gasteiger partial charge in [0.25, 0.3) is 0 Å². The molecule has 8 nitrogen and oxygen atoms in total. The summed E-state index contributed by atoms with van der Waals surface area (Å²) in [6.45, 7) is 10.3. The van der Waals surface area contributed by atoms with Crippen molar-refractivity contribution in [3.63, 3.8) is 0 Å². The van der Waals surface area contributed by atoms with E-state index in [0.29, 0.717) is 42.3 Å². The highest BCUT2D eigenvalue weighted by atomic mass is 19.4. The lowest BCUT2D eigenvalue weighted by atomic mass is 9.96. The van der Waals surface area contributed by atoms with Crippen LogP contribution in [0.25, 0.3) is 11.3 Å². The first-order valence-corrected chi connectivity index (χ1v) is 13.4. The van der Waals surface area contributed by atoms with Crippen LogP contribution < -0.4 is 10.1 Å². The smallest absolute Gasteiger partial charge is 0.416 e. The van der Waals surface area contributed by atoms with Crippen LogP contribution in [0.1, 0.15) is 69.2 Å². The van der Waals surface area contributed by atoms with Crippen molar-refractivity contribution in [1.29, 1.82) is 0 Å². The molecule has 1 aromatic heterocycles. The largest absolute Gasteiger partial charge is 0.467 e. The van der Waals surface area contributed by atoms with Crippen molar-refractivity contribution >= 4 is 11.9 Å². The number of carbonyl (C=O) groups excluding carboxylic acids is 1. The maximum absolute atomic E-state index is 13.6. The second kappa shape index (κ2) is 11.6. The van der Waals surface area contributed by atoms with Crippen LogP contribution in [0.4, 0.5) is 23.8 Å². The van der Waals surface area contributed by atoms with Gasteiger partial charge in [0.2, 0.25) is 0 Å². The van der Waals surface area contributed by atoms with Gasteiger partial charge in [0, 0.05) is 36.9 Å². The van der Waals surface area contributed by atoms with Gasteiger partial charge in [-0.15, -0.1) is 10.2 Å². The number of amides is 1. The molecule has 214 valence electrons. The van der Waals surface area contributed by atoms with E-state index in [0.717, 1.165) is 55.4 Å². The molecule has 1 aliphatic carbocycles. The fourth-order valence-corrected chi connectivity index (χ4v) is 5.11. The van der Waals surface area contributed by atoms with Gasteiger partial charge in [0.05, 0.1) is 5.56 Å². The highest BCUT2D eigenvalue weighted by Crippen LogP contribution is 2.43. The zero-order valence-electron chi connectivity index (χ0n) is 23.2. The summed E-state index contributed by atoms with van der Waals surface area (Å²) in [7, 11) is 0. The number of carbonyl (C=O) groups is 1. The SMILES string of the molecule is CCOCOc1cc(C(F)(F)F)cc(C)c1-c1nnc(N[C@@H]2CCCN(C(=O)OC(C)(C)C)C2)c2c1CCC2. The van der Waals surface area contributed by atoms with Gasteiger partial charge in [-0.3, -0.25) is 0 Å². The monoisotopic (exact) mass is 550 g/mol. The minimum Gasteiger partial charge on any atom is -0.467 e. The number of anilines is 1. The third-order valence-electron chi connectivity index (χ3n) is 6.82. The average Bonchev–Trinajstić information content (AvgIpc) is 3.34. The summed E-state index contributed by atoms with van der Waals surface area (Å²) >= 11 is 0. The lowest BCUT2D eigenvalue weighted by Gasteiger charge is -2.34. The molecule has 2 aliphatic rings. The van der Waals surface area contributed by atoms with Crippen LogP contribution in [0.15, 0.2) is 12.1 Å². The molecule has 2 aromatic rings. The maximum atomic E-state index is 13.6. The van der Waals surface area contributed by atoms with Crippen molar-refractivity contribution in [2.45, 2.75) is 84.5 Å². The van der Waals surface area contributed by atoms with Crippen molar-refractivity contribution in [2.24, 2.45) is 0 Å². The Labute approximate surface area is 227 Å². The number of piperidine rings is 1. The number of ether oxygens (including phenoxy) is 3. The molecular weight excluding hydrogens is 513 g/mol. The summed E-state index contributed by atoms with van der Waals surface area (Å²) in [4.78, 5) is 14.3. The fourth-order valence-electron chi connectivity index (χ4n) is 5.11. The molecule has 1 N–H and O–H groups in total. The van der Waals surface area contributed by atoms with Gasteiger partial charge in [-0.25, -0.2) is 4.79 Å². The number of alkyl halides is 3. The van der Waals surface area contributed by atoms with Crippen LogP contribution in [0.2, 0.25) is 0 Å². The van der Waals surface area contributed by atoms with E-state index in [2.05, 4.69) is 15.5 Å². The highest BCUT2D eigenvalue weighted by molar-refractivity contribution is 5.77. The number of hydrogen-bond donors (Lipinski definition) is 1. The topological polar surface area (TPSA) is 85.8 Å². The van der Waals surface area contributed by atoms with E-state index in [4.69, 9.17) is 14.2 Å². The first-order valence-electron chi connectivity index (χ1n) is 13.4. The summed E-state index contributed by atoms with van der Waals surface area (Å²) < 4.78 is 57.2. The van der Waals surface area contributed by atoms with E-state index < -0.39 is 17.3 Å². The minimum absolute atomic E-state index is 0.0194. The Morgan fingerprint density at radius 2 is 1.87 bits per heavy atom. The standard InChI is InChI=1S/C28H37F3N4O4/c1-6-37-16-38-22-14-18(28(29,30)31)13-17(2)23(22)24-20-10-7-11-21(20)25(34-33-24)32-19-9-8-12-35(15-19)26(36)39-27(3,4)5/h13-14,19H,6-12,15-16H2,1-5H3,(H,32,34)/t19-/m1/s1. The first-order chi connectivity index (χ1) is 18.4. The molecule has 0 radical (unpaired) electrons. The molecular formula is C28H37F3N4O4. The normalized spacial score (nSPS) is 17.6. The Balaban J connectivity index is 1.63. The van der Waals surface area contributed by atoms with Crippen LogP contribution in [-0.2, 0) is 28.5 Å². The Morgan fingerprint density at radius 1 is 1.13 bits per heavy atom. The molecule has 1 saturated heterocycles. The van der Waals surface area contributed by atoms with E-state index in [1.807, 2.05) is 20.8 Å². The van der Waals surface area contributed by atoms with Crippen molar-refractivity contribution in [2.75, 3.05) is 31.8 Å². The molecule has 1 fully saturated rings. The Kier molecular flexibility index (Phi) is 8.58. The van der Waals surface area contributed by atoms with Gasteiger partial charge in [0.1, 0.15) is 17.0 Å². The number of nitrogens with zero attached hydrogens (tertiary/aromatic N) is 3. The van der Waals surface area contributed by atoms with E-state index in [1.165, 1.54) is 0 Å². The summed E-state index contributed by atoms with van der Waals surface area (Å²) in [5, 5.41) is 12.5. The molecule has 1 atom stereocenters. The van der Waals surface area contributed by atoms with Gasteiger partial charge in [0.15, 0.2) is 12.6 Å². The Bertz CT molecular complexity index is 1200. The van der Waals surface area contributed by atoms with Crippen LogP contribution in [0.5, 0.6) is 5.75 Å². The van der Waals surface area contributed by atoms with Gasteiger partial charge >= 0.3 is 12.3 Å². The molecule has 39 heavy (non-hydrogen) atoms. The number of nitrogens with one attached hydrogen (secondary N) is 1. The maximum Gasteiger partial charge on any atom is 0.416 e. The van der Waals surface area contributed by atoms with Crippen molar-refractivity contribution in [3.05, 3.63) is 34.4 Å². The predicted molar refractivity (Wildman–Crippen MR) is 141 cm³/mol. The number of benzene rings is 1. The summed E-state index contributed by atoms with van der Waals surface area (Å²) in [6.07, 6.45) is -0.763. The molecule has 0 saturated carbocycles. The number of aromatic nitrogens is 2. The van der Waals surface area contributed by atoms with Gasteiger partial charge < -0.3 is 24.4 Å². The van der Waals surface area contributed by atoms with Crippen LogP contribution >= 0.6 is 0 Å². The quantitative estimate of drug-likeness (QED) is 0.327. The van der Waals surface area contributed by atoms with Crippen molar-refractivity contribution in [3.8, 4) is 17.0 Å². The number of rotatable bonds is 7. The Morgan fingerprint density at radius 3 is 2.56 bits per heavy atom. The summed E-state index contributed by atoms with van der Waals surface area (Å²) in [5.74, 6) is 0.726. The second-order valence-corrected chi connectivity index (χ2v) is 11.0. The predicted octanol–water partition coefficient (Wildman–Crippen LogP) is 6.14. The third kappa shape index (κ3) is 6.93. The zero-order valence-corrected chi connectivity index (χ0v) is 23.2. The van der Waals surface area contributed by atoms with Gasteiger partial charge in [-0.2, -0.15) is 13.2 Å². The number of halogens is 3. The minimum atomic E-state index is -4.51. The molecule has 0 bridgehead atoms. The molecule has 4 rings (SSSR count). The number of hydrogen-bond acceptors (Lipinski definition) is 7. The lowest BCUT2D eigenvalue weighted by Crippen LogP contribution is -2.47. The van der Waals surface area contributed by atoms with E-state index >= 15 is 0 Å². The molecule has 1 aromatic carbocycles. The van der Waals surface area contributed by atoms with Crippen molar-refractivity contribution < 1.29 is 32.2 Å². The van der Waals surface area contributed by atoms with E-state index in [9.17, 15) is 18.0 Å². The molecule has 11 heteroatoms. The molecule has 2 heterocycles. The first kappa shape index (κ1) is 28.9. The number of likely N-dealkylation sites (tertiary alicyclic amines) is 1. The van der Waals surface area contributed by atoms with Crippen LogP contribution in [0, 0.1) is 6.92 Å². The van der Waals surface area contributed by atoms with Crippen LogP contribution in [-0.4, -0.2) is 59.3 Å². The average molecular weight is 551 g/mol. The second-order valence-electron chi connectivity index (χ2n) is 11.0. The Hall–Kier alpha value is -3.08. The third-order valence-corrected chi connectivity index (χ3v) is 6.82. The van der Waals surface area contributed by atoms with Gasteiger partial charge in [-0.05, 0) is 90.0 Å². The molecule has 0 spiro atoms. The van der Waals surface area contributed by atoms with Crippen LogP contribution in [0.3, 0.4) is 0 Å². The van der Waals surface area contributed by atoms with Gasteiger partial charge in [-0.1, -0.05) is 0 Å². The van der Waals surface area contributed by atoms with Crippen molar-refractivity contribution in [1.82, 2.24) is 15.1 Å². The van der Waals surface area contributed by atoms with E-state index in [-0.39, 0.29) is 24.7 Å². The van der Waals surface area contributed by atoms with E-state index in [1.54, 1.807) is 18.7 Å². The number of aryl methyl sites for hydroxylation is 1. The fraction of sp³-hybridized carbons (Fsp3) is 0.607. The highest BCUT2D eigenvalue weighted by Gasteiger charge is 2.34. The number of fused-ring (bicyclic) bond motifs is 1. The molecule has 0 unspecified atom stereocenters. The molecule has 1 aliphatic heterocycles. The summed E-state index contributed by atoms with van der Waals surface area (Å²) in [6, 6.07) is 2.10. The lowest BCUT2D eigenvalue weighted by molar-refractivity contribution is -0.137. The summed E-state index contributed by atoms with van der Waals surface area (Å²) in [5.41, 5.74) is 2.03. The zero-order chi connectivity index (χ0) is 28.4. The molecule has 1 amide bonds.